The van der Waals surface area contributed by atoms with Crippen molar-refractivity contribution in [2.75, 3.05) is 7.11 Å². The summed E-state index contributed by atoms with van der Waals surface area (Å²) in [6, 6.07) is 7.06. The second kappa shape index (κ2) is 6.62. The Balaban J connectivity index is 2.44. The van der Waals surface area contributed by atoms with Crippen LogP contribution in [0.5, 0.6) is 5.75 Å². The molecule has 0 spiro atoms. The third-order valence-corrected chi connectivity index (χ3v) is 3.89. The van der Waals surface area contributed by atoms with Gasteiger partial charge in [0.2, 0.25) is 0 Å². The second-order valence-electron chi connectivity index (χ2n) is 4.99. The molecule has 0 amide bonds. The molecule has 0 aliphatic carbocycles. The highest BCUT2D eigenvalue weighted by Crippen LogP contribution is 2.26. The van der Waals surface area contributed by atoms with Crippen molar-refractivity contribution in [3.8, 4) is 5.75 Å². The molecule has 0 aliphatic rings. The molecule has 6 heteroatoms. The molecule has 0 bridgehead atoms. The summed E-state index contributed by atoms with van der Waals surface area (Å²) in [5.74, 6) is 1.54. The van der Waals surface area contributed by atoms with E-state index in [1.54, 1.807) is 11.7 Å². The SMILES string of the molecule is COc1ccc(Cn2c(C(C)C)nc(Cl)cc2=O)cc1Br. The summed E-state index contributed by atoms with van der Waals surface area (Å²) < 4.78 is 7.70. The van der Waals surface area contributed by atoms with Crippen LogP contribution in [-0.2, 0) is 6.54 Å². The average Bonchev–Trinajstić information content (AvgIpc) is 2.41. The minimum atomic E-state index is -0.148. The van der Waals surface area contributed by atoms with Crippen LogP contribution in [0, 0.1) is 0 Å². The molecule has 0 saturated heterocycles. The van der Waals surface area contributed by atoms with Crippen LogP contribution in [0.1, 0.15) is 31.2 Å². The Bertz CT molecular complexity index is 713. The van der Waals surface area contributed by atoms with Gasteiger partial charge in [0, 0.05) is 12.0 Å². The third kappa shape index (κ3) is 3.66. The molecule has 21 heavy (non-hydrogen) atoms. The standard InChI is InChI=1S/C15H16BrClN2O2/c1-9(2)15-18-13(17)7-14(20)19(15)8-10-4-5-12(21-3)11(16)6-10/h4-7,9H,8H2,1-3H3. The lowest BCUT2D eigenvalue weighted by Crippen LogP contribution is -2.25. The predicted molar refractivity (Wildman–Crippen MR) is 87.4 cm³/mol. The van der Waals surface area contributed by atoms with Gasteiger partial charge in [-0.1, -0.05) is 31.5 Å². The fourth-order valence-corrected chi connectivity index (χ4v) is 2.85. The van der Waals surface area contributed by atoms with Gasteiger partial charge in [0.15, 0.2) is 0 Å². The van der Waals surface area contributed by atoms with Crippen LogP contribution in [0.2, 0.25) is 5.15 Å². The molecule has 1 aromatic heterocycles. The van der Waals surface area contributed by atoms with E-state index in [0.29, 0.717) is 12.4 Å². The van der Waals surface area contributed by atoms with Gasteiger partial charge in [-0.05, 0) is 33.6 Å². The first-order valence-corrected chi connectivity index (χ1v) is 7.69. The molecular weight excluding hydrogens is 356 g/mol. The summed E-state index contributed by atoms with van der Waals surface area (Å²) in [6.07, 6.45) is 0. The minimum Gasteiger partial charge on any atom is -0.496 e. The number of rotatable bonds is 4. The molecule has 1 aromatic carbocycles. The van der Waals surface area contributed by atoms with Crippen molar-refractivity contribution in [1.29, 1.82) is 0 Å². The van der Waals surface area contributed by atoms with Crippen molar-refractivity contribution in [1.82, 2.24) is 9.55 Å². The molecule has 2 aromatic rings. The van der Waals surface area contributed by atoms with E-state index in [-0.39, 0.29) is 16.6 Å². The molecule has 0 fully saturated rings. The molecular formula is C15H16BrClN2O2. The number of hydrogen-bond donors (Lipinski definition) is 0. The van der Waals surface area contributed by atoms with Crippen LogP contribution in [0.3, 0.4) is 0 Å². The van der Waals surface area contributed by atoms with Gasteiger partial charge >= 0.3 is 0 Å². The molecule has 0 aliphatic heterocycles. The minimum absolute atomic E-state index is 0.109. The van der Waals surface area contributed by atoms with E-state index < -0.39 is 0 Å². The van der Waals surface area contributed by atoms with Crippen molar-refractivity contribution in [2.24, 2.45) is 0 Å². The number of hydrogen-bond acceptors (Lipinski definition) is 3. The quantitative estimate of drug-likeness (QED) is 0.767. The Morgan fingerprint density at radius 1 is 1.38 bits per heavy atom. The van der Waals surface area contributed by atoms with Crippen molar-refractivity contribution in [3.63, 3.8) is 0 Å². The number of ether oxygens (including phenoxy) is 1. The van der Waals surface area contributed by atoms with Gasteiger partial charge < -0.3 is 4.74 Å². The Morgan fingerprint density at radius 2 is 2.10 bits per heavy atom. The van der Waals surface area contributed by atoms with Crippen LogP contribution in [0.25, 0.3) is 0 Å². The number of benzene rings is 1. The van der Waals surface area contributed by atoms with Gasteiger partial charge in [-0.25, -0.2) is 4.98 Å². The van der Waals surface area contributed by atoms with Gasteiger partial charge in [-0.15, -0.1) is 0 Å². The summed E-state index contributed by atoms with van der Waals surface area (Å²) in [5, 5.41) is 0.232. The fourth-order valence-electron chi connectivity index (χ4n) is 2.09. The first kappa shape index (κ1) is 16.0. The van der Waals surface area contributed by atoms with Gasteiger partial charge in [-0.2, -0.15) is 0 Å². The molecule has 1 heterocycles. The normalized spacial score (nSPS) is 11.0. The van der Waals surface area contributed by atoms with Gasteiger partial charge in [0.05, 0.1) is 18.1 Å². The lowest BCUT2D eigenvalue weighted by atomic mass is 10.1. The van der Waals surface area contributed by atoms with E-state index in [9.17, 15) is 4.79 Å². The number of aromatic nitrogens is 2. The monoisotopic (exact) mass is 370 g/mol. The van der Waals surface area contributed by atoms with Gasteiger partial charge in [-0.3, -0.25) is 9.36 Å². The molecule has 0 unspecified atom stereocenters. The Morgan fingerprint density at radius 3 is 2.67 bits per heavy atom. The molecule has 112 valence electrons. The van der Waals surface area contributed by atoms with E-state index in [4.69, 9.17) is 16.3 Å². The van der Waals surface area contributed by atoms with Crippen molar-refractivity contribution >= 4 is 27.5 Å². The largest absolute Gasteiger partial charge is 0.496 e. The summed E-state index contributed by atoms with van der Waals surface area (Å²) in [6.45, 7) is 4.41. The summed E-state index contributed by atoms with van der Waals surface area (Å²) in [4.78, 5) is 16.5. The number of methoxy groups -OCH3 is 1. The van der Waals surface area contributed by atoms with Crippen molar-refractivity contribution in [2.45, 2.75) is 26.3 Å². The number of halogens is 2. The van der Waals surface area contributed by atoms with Crippen LogP contribution in [0.4, 0.5) is 0 Å². The zero-order chi connectivity index (χ0) is 15.6. The molecule has 0 saturated carbocycles. The average molecular weight is 372 g/mol. The first-order valence-electron chi connectivity index (χ1n) is 6.52. The zero-order valence-corrected chi connectivity index (χ0v) is 14.4. The van der Waals surface area contributed by atoms with Gasteiger partial charge in [0.25, 0.3) is 5.56 Å². The maximum absolute atomic E-state index is 12.2. The maximum Gasteiger partial charge on any atom is 0.255 e. The van der Waals surface area contributed by atoms with E-state index in [0.717, 1.165) is 15.8 Å². The van der Waals surface area contributed by atoms with E-state index in [1.165, 1.54) is 6.07 Å². The Kier molecular flexibility index (Phi) is 5.06. The maximum atomic E-state index is 12.2. The molecule has 0 N–H and O–H groups in total. The smallest absolute Gasteiger partial charge is 0.255 e. The van der Waals surface area contributed by atoms with E-state index in [2.05, 4.69) is 20.9 Å². The second-order valence-corrected chi connectivity index (χ2v) is 6.23. The van der Waals surface area contributed by atoms with E-state index in [1.807, 2.05) is 32.0 Å². The van der Waals surface area contributed by atoms with Crippen molar-refractivity contribution < 1.29 is 4.74 Å². The fraction of sp³-hybridized carbons (Fsp3) is 0.333. The summed E-state index contributed by atoms with van der Waals surface area (Å²) in [5.41, 5.74) is 0.835. The topological polar surface area (TPSA) is 44.1 Å². The Hall–Kier alpha value is -1.33. The lowest BCUT2D eigenvalue weighted by Gasteiger charge is -2.15. The zero-order valence-electron chi connectivity index (χ0n) is 12.1. The van der Waals surface area contributed by atoms with Crippen LogP contribution in [0.15, 0.2) is 33.5 Å². The Labute approximate surface area is 136 Å². The first-order chi connectivity index (χ1) is 9.92. The molecule has 0 atom stereocenters. The van der Waals surface area contributed by atoms with Crippen LogP contribution < -0.4 is 10.3 Å². The molecule has 2 rings (SSSR count). The molecule has 4 nitrogen and oxygen atoms in total. The highest BCUT2D eigenvalue weighted by molar-refractivity contribution is 9.10. The highest BCUT2D eigenvalue weighted by atomic mass is 79.9. The summed E-state index contributed by atoms with van der Waals surface area (Å²) >= 11 is 9.33. The lowest BCUT2D eigenvalue weighted by molar-refractivity contribution is 0.412. The van der Waals surface area contributed by atoms with Crippen molar-refractivity contribution in [3.05, 3.63) is 55.6 Å². The van der Waals surface area contributed by atoms with Gasteiger partial charge in [0.1, 0.15) is 16.7 Å². The summed E-state index contributed by atoms with van der Waals surface area (Å²) in [7, 11) is 1.62. The molecule has 0 radical (unpaired) electrons. The van der Waals surface area contributed by atoms with Crippen LogP contribution in [-0.4, -0.2) is 16.7 Å². The van der Waals surface area contributed by atoms with Crippen LogP contribution >= 0.6 is 27.5 Å². The number of nitrogens with zero attached hydrogens (tertiary/aromatic N) is 2. The third-order valence-electron chi connectivity index (χ3n) is 3.08. The van der Waals surface area contributed by atoms with E-state index >= 15 is 0 Å². The predicted octanol–water partition coefficient (Wildman–Crippen LogP) is 3.84. The highest BCUT2D eigenvalue weighted by Gasteiger charge is 2.12.